The quantitative estimate of drug-likeness (QED) is 0.118. The van der Waals surface area contributed by atoms with Gasteiger partial charge in [-0.1, -0.05) is 67.3 Å². The Morgan fingerprint density at radius 3 is 2.08 bits per heavy atom. The zero-order valence-corrected chi connectivity index (χ0v) is 34.8. The molecule has 3 aromatic heterocycles. The molecule has 5 aromatic carbocycles. The van der Waals surface area contributed by atoms with Gasteiger partial charge < -0.3 is 9.40 Å². The van der Waals surface area contributed by atoms with Crippen molar-refractivity contribution in [2.45, 2.75) is 43.5 Å². The summed E-state index contributed by atoms with van der Waals surface area (Å²) in [6.07, 6.45) is 4.97. The molecule has 0 aliphatic rings. The van der Waals surface area contributed by atoms with E-state index in [4.69, 9.17) is 9.40 Å². The van der Waals surface area contributed by atoms with Crippen LogP contribution < -0.4 is 4.40 Å². The van der Waals surface area contributed by atoms with Gasteiger partial charge in [-0.3, -0.25) is 0 Å². The summed E-state index contributed by atoms with van der Waals surface area (Å²) in [5.41, 5.74) is 12.2. The summed E-state index contributed by atoms with van der Waals surface area (Å²) in [5, 5.41) is 2.21. The number of aromatic nitrogens is 2. The van der Waals surface area contributed by atoms with Crippen molar-refractivity contribution in [1.29, 1.82) is 0 Å². The fourth-order valence-corrected chi connectivity index (χ4v) is 9.77. The van der Waals surface area contributed by atoms with Crippen molar-refractivity contribution >= 4 is 39.6 Å². The van der Waals surface area contributed by atoms with Gasteiger partial charge in [-0.25, -0.2) is 0 Å². The summed E-state index contributed by atoms with van der Waals surface area (Å²) >= 11 is -1.96. The van der Waals surface area contributed by atoms with Crippen LogP contribution in [0.25, 0.3) is 55.6 Å². The minimum Gasteiger partial charge on any atom is 0 e. The first kappa shape index (κ1) is 37.2. The van der Waals surface area contributed by atoms with Crippen LogP contribution in [0.3, 0.4) is 0 Å². The third-order valence-electron chi connectivity index (χ3n) is 9.26. The second-order valence-electron chi connectivity index (χ2n) is 14.3. The van der Waals surface area contributed by atoms with Crippen molar-refractivity contribution in [3.63, 3.8) is 0 Å². The molecule has 0 aliphatic heterocycles. The van der Waals surface area contributed by atoms with Crippen LogP contribution in [0, 0.1) is 12.1 Å². The maximum absolute atomic E-state index is 6.04. The first-order chi connectivity index (χ1) is 24.7. The molecular formula is C47H42GeIrN2O-2. The minimum absolute atomic E-state index is 0. The number of fused-ring (bicyclic) bond motifs is 3. The Bertz CT molecular complexity index is 2400. The van der Waals surface area contributed by atoms with Crippen molar-refractivity contribution in [2.24, 2.45) is 0 Å². The summed E-state index contributed by atoms with van der Waals surface area (Å²) < 4.78 is 7.54. The fraction of sp³-hybridized carbons (Fsp3) is 0.149. The molecule has 0 aliphatic carbocycles. The van der Waals surface area contributed by atoms with E-state index in [9.17, 15) is 0 Å². The van der Waals surface area contributed by atoms with Gasteiger partial charge >= 0.3 is 142 Å². The van der Waals surface area contributed by atoms with E-state index in [0.29, 0.717) is 5.92 Å². The third-order valence-corrected chi connectivity index (χ3v) is 13.6. The molecule has 3 heterocycles. The van der Waals surface area contributed by atoms with Crippen LogP contribution in [0.2, 0.25) is 17.3 Å². The van der Waals surface area contributed by atoms with Crippen LogP contribution in [0.5, 0.6) is 0 Å². The van der Waals surface area contributed by atoms with Crippen LogP contribution in [-0.4, -0.2) is 23.2 Å². The Hall–Kier alpha value is -4.61. The zero-order chi connectivity index (χ0) is 35.4. The molecule has 0 amide bonds. The number of rotatable bonds is 7. The van der Waals surface area contributed by atoms with E-state index >= 15 is 0 Å². The van der Waals surface area contributed by atoms with E-state index in [1.54, 1.807) is 0 Å². The summed E-state index contributed by atoms with van der Waals surface area (Å²) in [4.78, 5) is 9.30. The monoisotopic (exact) mass is 917 g/mol. The second-order valence-corrected chi connectivity index (χ2v) is 24.9. The van der Waals surface area contributed by atoms with Gasteiger partial charge in [0.05, 0.1) is 5.58 Å². The Kier molecular flexibility index (Phi) is 11.7. The van der Waals surface area contributed by atoms with E-state index in [-0.39, 0.29) is 20.1 Å². The molecule has 0 unspecified atom stereocenters. The van der Waals surface area contributed by atoms with Gasteiger partial charge in [0, 0.05) is 31.7 Å². The van der Waals surface area contributed by atoms with Crippen LogP contribution in [0.15, 0.2) is 150 Å². The maximum atomic E-state index is 6.04. The summed E-state index contributed by atoms with van der Waals surface area (Å²) in [6.45, 7) is 4.39. The molecule has 0 saturated carbocycles. The molecule has 1 radical (unpaired) electrons. The number of pyridine rings is 2. The molecule has 3 nitrogen and oxygen atoms in total. The Balaban J connectivity index is 0.000000179. The Morgan fingerprint density at radius 1 is 0.654 bits per heavy atom. The molecular weight excluding hydrogens is 873 g/mol. The van der Waals surface area contributed by atoms with Crippen molar-refractivity contribution < 1.29 is 24.5 Å². The summed E-state index contributed by atoms with van der Waals surface area (Å²) in [6, 6.07) is 52.7. The SMILES string of the molecule is CC(C)c1ccnc(-c2[c-]cc3oc4ccc(-c5ccccc5)cc4c3c2)c1.[CH3][Ge]([CH3])([CH3])[c]1cnc(-c2[c-]cccc2)cc1Cc1ccccc1.[Ir]. The first-order valence-corrected chi connectivity index (χ1v) is 25.0. The first-order valence-electron chi connectivity index (χ1n) is 17.6. The number of benzene rings is 5. The van der Waals surface area contributed by atoms with E-state index < -0.39 is 13.3 Å². The van der Waals surface area contributed by atoms with Crippen LogP contribution >= 0.6 is 0 Å². The van der Waals surface area contributed by atoms with Gasteiger partial charge in [-0.05, 0) is 40.9 Å². The zero-order valence-electron chi connectivity index (χ0n) is 30.3. The second kappa shape index (κ2) is 16.4. The molecule has 8 aromatic rings. The largest absolute Gasteiger partial charge is 0 e. The predicted molar refractivity (Wildman–Crippen MR) is 216 cm³/mol. The Morgan fingerprint density at radius 2 is 1.37 bits per heavy atom. The van der Waals surface area contributed by atoms with E-state index in [1.165, 1.54) is 32.2 Å². The van der Waals surface area contributed by atoms with E-state index in [2.05, 4.69) is 158 Å². The third kappa shape index (κ3) is 8.53. The minimum atomic E-state index is -1.96. The standard InChI is InChI=1S/C26H20NO.C21H22GeN.Ir/c1-17(2)19-12-13-27-24(16-19)21-9-11-26-23(15-21)22-14-20(8-10-25(22)28-26)18-6-4-3-5-7-18;1-22(2,3)20-16-23-21(18-12-8-5-9-13-18)15-19(20)14-17-10-6-4-7-11-17;/h3-8,10-17H,1-2H3;4-12,15-16H,14H2,1-3H3;/q2*-1;. The molecule has 0 atom stereocenters. The van der Waals surface area contributed by atoms with Crippen molar-refractivity contribution in [1.82, 2.24) is 9.97 Å². The van der Waals surface area contributed by atoms with Gasteiger partial charge in [0.15, 0.2) is 0 Å². The van der Waals surface area contributed by atoms with Crippen LogP contribution in [-0.2, 0) is 26.5 Å². The maximum Gasteiger partial charge on any atom is 0 e. The van der Waals surface area contributed by atoms with Crippen molar-refractivity contribution in [3.8, 4) is 33.6 Å². The van der Waals surface area contributed by atoms with E-state index in [0.717, 1.165) is 50.9 Å². The molecule has 0 saturated heterocycles. The summed E-state index contributed by atoms with van der Waals surface area (Å²) in [7, 11) is 0. The average Bonchev–Trinajstić information content (AvgIpc) is 3.53. The predicted octanol–water partition coefficient (Wildman–Crippen LogP) is 11.9. The normalized spacial score (nSPS) is 11.3. The van der Waals surface area contributed by atoms with Crippen molar-refractivity contribution in [3.05, 3.63) is 175 Å². The van der Waals surface area contributed by atoms with Gasteiger partial charge in [-0.2, -0.15) is 0 Å². The smallest absolute Gasteiger partial charge is 0 e. The van der Waals surface area contributed by atoms with Gasteiger partial charge in [0.2, 0.25) is 0 Å². The molecule has 0 fully saturated rings. The van der Waals surface area contributed by atoms with Gasteiger partial charge in [0.1, 0.15) is 5.58 Å². The molecule has 8 rings (SSSR count). The fourth-order valence-electron chi connectivity index (χ4n) is 6.47. The number of hydrogen-bond donors (Lipinski definition) is 0. The average molecular weight is 916 g/mol. The van der Waals surface area contributed by atoms with E-state index in [1.807, 2.05) is 36.5 Å². The molecule has 52 heavy (non-hydrogen) atoms. The molecule has 5 heteroatoms. The molecule has 0 N–H and O–H groups in total. The van der Waals surface area contributed by atoms with Gasteiger partial charge in [0.25, 0.3) is 0 Å². The molecule has 0 bridgehead atoms. The van der Waals surface area contributed by atoms with Crippen LogP contribution in [0.1, 0.15) is 36.5 Å². The topological polar surface area (TPSA) is 38.9 Å². The molecule has 261 valence electrons. The van der Waals surface area contributed by atoms with Gasteiger partial charge in [-0.15, -0.1) is 23.8 Å². The summed E-state index contributed by atoms with van der Waals surface area (Å²) in [5.74, 6) is 7.76. The Labute approximate surface area is 323 Å². The number of hydrogen-bond acceptors (Lipinski definition) is 3. The number of furan rings is 1. The number of nitrogens with zero attached hydrogens (tertiary/aromatic N) is 2. The molecule has 0 spiro atoms. The van der Waals surface area contributed by atoms with Crippen LogP contribution in [0.4, 0.5) is 0 Å². The van der Waals surface area contributed by atoms with Crippen molar-refractivity contribution in [2.75, 3.05) is 0 Å².